The van der Waals surface area contributed by atoms with Crippen LogP contribution in [0, 0.1) is 16.7 Å². The van der Waals surface area contributed by atoms with E-state index >= 15 is 0 Å². The van der Waals surface area contributed by atoms with Gasteiger partial charge in [-0.05, 0) is 69.4 Å². The molecule has 1 saturated carbocycles. The molecule has 2 aromatic carbocycles. The van der Waals surface area contributed by atoms with Crippen molar-refractivity contribution >= 4 is 15.9 Å². The minimum atomic E-state index is -4.58. The summed E-state index contributed by atoms with van der Waals surface area (Å²) in [4.78, 5) is 14.7. The maximum atomic E-state index is 13.6. The van der Waals surface area contributed by atoms with Crippen molar-refractivity contribution in [1.82, 2.24) is 9.62 Å². The maximum absolute atomic E-state index is 13.6. The minimum absolute atomic E-state index is 0.0836. The van der Waals surface area contributed by atoms with Gasteiger partial charge in [0.05, 0.1) is 28.2 Å². The van der Waals surface area contributed by atoms with Crippen LogP contribution >= 0.6 is 0 Å². The molecule has 7 nitrogen and oxygen atoms in total. The molecule has 0 unspecified atom stereocenters. The molecule has 0 bridgehead atoms. The van der Waals surface area contributed by atoms with Gasteiger partial charge < -0.3 is 10.0 Å². The van der Waals surface area contributed by atoms with Crippen molar-refractivity contribution in [3.63, 3.8) is 0 Å². The molecular weight excluding hydrogens is 507 g/mol. The van der Waals surface area contributed by atoms with Crippen molar-refractivity contribution < 1.29 is 31.5 Å². The normalized spacial score (nSPS) is 21.6. The number of nitriles is 1. The molecule has 0 saturated heterocycles. The lowest BCUT2D eigenvalue weighted by Gasteiger charge is -2.42. The topological polar surface area (TPSA) is 111 Å². The Balaban J connectivity index is 1.73. The highest BCUT2D eigenvalue weighted by molar-refractivity contribution is 7.89. The third-order valence-corrected chi connectivity index (χ3v) is 8.30. The second-order valence-electron chi connectivity index (χ2n) is 9.99. The lowest BCUT2D eigenvalue weighted by atomic mass is 9.72. The Morgan fingerprint density at radius 1 is 1.11 bits per heavy atom. The van der Waals surface area contributed by atoms with Crippen LogP contribution in [0.3, 0.4) is 0 Å². The highest BCUT2D eigenvalue weighted by Crippen LogP contribution is 2.41. The van der Waals surface area contributed by atoms with Gasteiger partial charge in [-0.3, -0.25) is 4.79 Å². The van der Waals surface area contributed by atoms with Crippen LogP contribution in [0.25, 0.3) is 0 Å². The number of likely N-dealkylation sites (N-methyl/N-ethyl adjacent to an activating group) is 1. The van der Waals surface area contributed by atoms with Gasteiger partial charge in [-0.2, -0.15) is 18.4 Å². The highest BCUT2D eigenvalue weighted by atomic mass is 32.2. The molecule has 0 spiro atoms. The summed E-state index contributed by atoms with van der Waals surface area (Å²) in [6, 6.07) is 13.0. The van der Waals surface area contributed by atoms with Crippen molar-refractivity contribution in [1.29, 1.82) is 5.26 Å². The monoisotopic (exact) mass is 537 g/mol. The zero-order valence-electron chi connectivity index (χ0n) is 20.8. The molecule has 3 rings (SSSR count). The number of halogens is 3. The Bertz CT molecular complexity index is 1240. The number of alkyl halides is 3. The van der Waals surface area contributed by atoms with Gasteiger partial charge >= 0.3 is 6.18 Å². The summed E-state index contributed by atoms with van der Waals surface area (Å²) in [7, 11) is -2.56. The quantitative estimate of drug-likeness (QED) is 0.544. The molecular formula is C26H30F3N3O4S. The predicted molar refractivity (Wildman–Crippen MR) is 130 cm³/mol. The molecule has 0 radical (unpaired) electrons. The maximum Gasteiger partial charge on any atom is 0.416 e. The Hall–Kier alpha value is -2.94. The molecule has 1 fully saturated rings. The van der Waals surface area contributed by atoms with Gasteiger partial charge in [0.2, 0.25) is 15.9 Å². The Kier molecular flexibility index (Phi) is 8.08. The molecule has 1 aliphatic rings. The molecule has 2 aromatic rings. The SMILES string of the molecule is CN(C(=O)C1(C#N)CCC(NS(=O)(=O)c2ccc(C(F)(F)F)cc2)CC1)[C@H](c1ccccc1)C(C)(C)O. The van der Waals surface area contributed by atoms with Gasteiger partial charge in [-0.1, -0.05) is 30.3 Å². The number of hydrogen-bond acceptors (Lipinski definition) is 5. The molecule has 0 heterocycles. The minimum Gasteiger partial charge on any atom is -0.388 e. The van der Waals surface area contributed by atoms with E-state index in [0.717, 1.165) is 12.1 Å². The molecule has 1 aliphatic carbocycles. The zero-order chi connectivity index (χ0) is 27.6. The summed E-state index contributed by atoms with van der Waals surface area (Å²) < 4.78 is 66.3. The molecule has 11 heteroatoms. The number of hydrogen-bond donors (Lipinski definition) is 2. The summed E-state index contributed by atoms with van der Waals surface area (Å²) in [5, 5.41) is 20.8. The number of carbonyl (C=O) groups excluding carboxylic acids is 1. The second-order valence-corrected chi connectivity index (χ2v) is 11.7. The van der Waals surface area contributed by atoms with Crippen LogP contribution in [-0.2, 0) is 21.0 Å². The van der Waals surface area contributed by atoms with Crippen LogP contribution < -0.4 is 4.72 Å². The fourth-order valence-electron chi connectivity index (χ4n) is 4.91. The van der Waals surface area contributed by atoms with Gasteiger partial charge in [-0.25, -0.2) is 13.1 Å². The average molecular weight is 538 g/mol. The third-order valence-electron chi connectivity index (χ3n) is 6.77. The number of nitrogens with one attached hydrogen (secondary N) is 1. The fraction of sp³-hybridized carbons (Fsp3) is 0.462. The standard InChI is InChI=1S/C26H30F3N3O4S/c1-24(2,34)22(18-7-5-4-6-8-18)32(3)23(33)25(17-30)15-13-20(14-16-25)31-37(35,36)21-11-9-19(10-12-21)26(27,28)29/h4-12,20,22,31,34H,13-16H2,1-3H3/t20?,22-,25?/m1/s1. The summed E-state index contributed by atoms with van der Waals surface area (Å²) in [6.45, 7) is 3.17. The number of sulfonamides is 1. The van der Waals surface area contributed by atoms with Crippen molar-refractivity contribution in [3.05, 3.63) is 65.7 Å². The first-order chi connectivity index (χ1) is 17.1. The number of aliphatic hydroxyl groups is 1. The number of carbonyl (C=O) groups is 1. The zero-order valence-corrected chi connectivity index (χ0v) is 21.6. The van der Waals surface area contributed by atoms with E-state index in [0.29, 0.717) is 17.7 Å². The largest absolute Gasteiger partial charge is 0.416 e. The molecule has 0 aromatic heterocycles. The summed E-state index contributed by atoms with van der Waals surface area (Å²) >= 11 is 0. The van der Waals surface area contributed by atoms with E-state index in [1.807, 2.05) is 6.07 Å². The van der Waals surface area contributed by atoms with E-state index < -0.39 is 50.8 Å². The first-order valence-electron chi connectivity index (χ1n) is 11.8. The van der Waals surface area contributed by atoms with Gasteiger partial charge in [0.25, 0.3) is 0 Å². The van der Waals surface area contributed by atoms with Crippen LogP contribution in [0.2, 0.25) is 0 Å². The van der Waals surface area contributed by atoms with Gasteiger partial charge in [0, 0.05) is 13.1 Å². The summed E-state index contributed by atoms with van der Waals surface area (Å²) in [6.07, 6.45) is -4.04. The van der Waals surface area contributed by atoms with Gasteiger partial charge in [0.15, 0.2) is 0 Å². The van der Waals surface area contributed by atoms with E-state index in [1.54, 1.807) is 38.1 Å². The first kappa shape index (κ1) is 28.6. The molecule has 1 amide bonds. The van der Waals surface area contributed by atoms with E-state index in [4.69, 9.17) is 0 Å². The first-order valence-corrected chi connectivity index (χ1v) is 13.2. The van der Waals surface area contributed by atoms with Crippen molar-refractivity contribution in [3.8, 4) is 6.07 Å². The van der Waals surface area contributed by atoms with E-state index in [1.165, 1.54) is 11.9 Å². The third kappa shape index (κ3) is 6.32. The number of rotatable bonds is 7. The molecule has 2 N–H and O–H groups in total. The highest BCUT2D eigenvalue weighted by Gasteiger charge is 2.47. The number of amides is 1. The number of nitrogens with zero attached hydrogens (tertiary/aromatic N) is 2. The smallest absolute Gasteiger partial charge is 0.388 e. The van der Waals surface area contributed by atoms with Crippen LogP contribution in [0.1, 0.15) is 56.7 Å². The van der Waals surface area contributed by atoms with Crippen LogP contribution in [0.5, 0.6) is 0 Å². The van der Waals surface area contributed by atoms with Gasteiger partial charge in [0.1, 0.15) is 5.41 Å². The van der Waals surface area contributed by atoms with Crippen LogP contribution in [0.4, 0.5) is 13.2 Å². The van der Waals surface area contributed by atoms with Crippen LogP contribution in [0.15, 0.2) is 59.5 Å². The van der Waals surface area contributed by atoms with Crippen molar-refractivity contribution in [2.45, 2.75) is 68.3 Å². The lowest BCUT2D eigenvalue weighted by Crippen LogP contribution is -2.51. The van der Waals surface area contributed by atoms with Crippen LogP contribution in [-0.4, -0.2) is 43.0 Å². The summed E-state index contributed by atoms with van der Waals surface area (Å²) in [5.74, 6) is -0.463. The fourth-order valence-corrected chi connectivity index (χ4v) is 6.21. The van der Waals surface area contributed by atoms with Crippen molar-refractivity contribution in [2.24, 2.45) is 5.41 Å². The molecule has 200 valence electrons. The van der Waals surface area contributed by atoms with E-state index in [9.17, 15) is 36.8 Å². The lowest BCUT2D eigenvalue weighted by molar-refractivity contribution is -0.147. The van der Waals surface area contributed by atoms with E-state index in [-0.39, 0.29) is 30.6 Å². The van der Waals surface area contributed by atoms with Crippen molar-refractivity contribution in [2.75, 3.05) is 7.05 Å². The Morgan fingerprint density at radius 3 is 2.11 bits per heavy atom. The molecule has 37 heavy (non-hydrogen) atoms. The average Bonchev–Trinajstić information content (AvgIpc) is 2.83. The Labute approximate surface area is 215 Å². The Morgan fingerprint density at radius 2 is 1.65 bits per heavy atom. The summed E-state index contributed by atoms with van der Waals surface area (Å²) in [5.41, 5.74) is -2.96. The molecule has 1 atom stereocenters. The second kappa shape index (κ2) is 10.4. The van der Waals surface area contributed by atoms with E-state index in [2.05, 4.69) is 10.8 Å². The number of benzene rings is 2. The molecule has 0 aliphatic heterocycles. The predicted octanol–water partition coefficient (Wildman–Crippen LogP) is 4.41. The van der Waals surface area contributed by atoms with Gasteiger partial charge in [-0.15, -0.1) is 0 Å².